The van der Waals surface area contributed by atoms with Crippen LogP contribution >= 0.6 is 23.6 Å². The van der Waals surface area contributed by atoms with Gasteiger partial charge >= 0.3 is 0 Å². The summed E-state index contributed by atoms with van der Waals surface area (Å²) in [5.41, 5.74) is 2.95. The van der Waals surface area contributed by atoms with Crippen molar-refractivity contribution in [3.63, 3.8) is 0 Å². The van der Waals surface area contributed by atoms with Gasteiger partial charge in [-0.2, -0.15) is 0 Å². The van der Waals surface area contributed by atoms with Crippen molar-refractivity contribution < 1.29 is 0 Å². The zero-order chi connectivity index (χ0) is 11.8. The summed E-state index contributed by atoms with van der Waals surface area (Å²) in [4.78, 5) is 5.79. The molecule has 2 heterocycles. The monoisotopic (exact) mass is 258 g/mol. The highest BCUT2D eigenvalue weighted by molar-refractivity contribution is 7.71. The van der Waals surface area contributed by atoms with Crippen LogP contribution in [0.1, 0.15) is 0 Å². The number of nitrogens with zero attached hydrogens (tertiary/aromatic N) is 2. The van der Waals surface area contributed by atoms with E-state index in [2.05, 4.69) is 11.1 Å². The van der Waals surface area contributed by atoms with Crippen LogP contribution < -0.4 is 0 Å². The number of hydrogen-bond acceptors (Lipinski definition) is 3. The molecule has 2 nitrogen and oxygen atoms in total. The van der Waals surface area contributed by atoms with Crippen molar-refractivity contribution in [3.05, 3.63) is 46.4 Å². The number of fused-ring (bicyclic) bond motifs is 1. The summed E-state index contributed by atoms with van der Waals surface area (Å²) in [6, 6.07) is 12.1. The second kappa shape index (κ2) is 4.05. The van der Waals surface area contributed by atoms with Gasteiger partial charge in [0, 0.05) is 7.05 Å². The van der Waals surface area contributed by atoms with Gasteiger partial charge in [0.15, 0.2) is 0 Å². The smallest absolute Gasteiger partial charge is 0.133 e. The van der Waals surface area contributed by atoms with E-state index in [1.165, 1.54) is 0 Å². The number of para-hydroxylation sites is 2. The number of benzene rings is 1. The molecule has 2 aromatic heterocycles. The molecule has 0 saturated heterocycles. The third-order valence-corrected chi connectivity index (χ3v) is 4.08. The maximum absolute atomic E-state index is 5.48. The molecule has 1 aromatic carbocycles. The van der Waals surface area contributed by atoms with E-state index >= 15 is 0 Å². The van der Waals surface area contributed by atoms with Crippen molar-refractivity contribution in [2.24, 2.45) is 7.05 Å². The molecule has 0 bridgehead atoms. The minimum atomic E-state index is 0.783. The first-order valence-electron chi connectivity index (χ1n) is 5.27. The molecule has 0 aliphatic rings. The number of hydrogen-bond donors (Lipinski definition) is 0. The zero-order valence-corrected chi connectivity index (χ0v) is 10.9. The van der Waals surface area contributed by atoms with E-state index in [9.17, 15) is 0 Å². The SMILES string of the molecule is Cn1c(=S)c(-c2cccs2)nc2ccccc21. The fourth-order valence-electron chi connectivity index (χ4n) is 1.85. The highest BCUT2D eigenvalue weighted by atomic mass is 32.1. The first kappa shape index (κ1) is 10.6. The lowest BCUT2D eigenvalue weighted by molar-refractivity contribution is 0.926. The lowest BCUT2D eigenvalue weighted by Gasteiger charge is -2.08. The third-order valence-electron chi connectivity index (χ3n) is 2.74. The molecule has 0 unspecified atom stereocenters. The van der Waals surface area contributed by atoms with E-state index in [0.717, 1.165) is 26.2 Å². The molecule has 3 aromatic rings. The number of thiophene rings is 1. The van der Waals surface area contributed by atoms with E-state index in [-0.39, 0.29) is 0 Å². The predicted octanol–water partition coefficient (Wildman–Crippen LogP) is 4.03. The summed E-state index contributed by atoms with van der Waals surface area (Å²) in [6.07, 6.45) is 0. The quantitative estimate of drug-likeness (QED) is 0.613. The first-order valence-corrected chi connectivity index (χ1v) is 6.56. The summed E-state index contributed by atoms with van der Waals surface area (Å²) < 4.78 is 2.80. The van der Waals surface area contributed by atoms with Gasteiger partial charge in [-0.15, -0.1) is 11.3 Å². The average molecular weight is 258 g/mol. The van der Waals surface area contributed by atoms with Crippen LogP contribution in [0.5, 0.6) is 0 Å². The molecule has 0 amide bonds. The molecule has 3 rings (SSSR count). The Morgan fingerprint density at radius 1 is 1.18 bits per heavy atom. The highest BCUT2D eigenvalue weighted by Gasteiger charge is 2.07. The minimum absolute atomic E-state index is 0.783. The fourth-order valence-corrected chi connectivity index (χ4v) is 2.89. The van der Waals surface area contributed by atoms with E-state index < -0.39 is 0 Å². The summed E-state index contributed by atoms with van der Waals surface area (Å²) in [5, 5.41) is 2.04. The van der Waals surface area contributed by atoms with Gasteiger partial charge in [0.25, 0.3) is 0 Å². The maximum Gasteiger partial charge on any atom is 0.133 e. The minimum Gasteiger partial charge on any atom is -0.332 e. The van der Waals surface area contributed by atoms with Crippen LogP contribution in [-0.4, -0.2) is 9.55 Å². The highest BCUT2D eigenvalue weighted by Crippen LogP contribution is 2.26. The van der Waals surface area contributed by atoms with Gasteiger partial charge in [-0.25, -0.2) is 4.98 Å². The van der Waals surface area contributed by atoms with Crippen LogP contribution in [0.15, 0.2) is 41.8 Å². The Balaban J connectivity index is 2.42. The van der Waals surface area contributed by atoms with Crippen molar-refractivity contribution in [2.75, 3.05) is 0 Å². The predicted molar refractivity (Wildman–Crippen MR) is 74.9 cm³/mol. The van der Waals surface area contributed by atoms with Gasteiger partial charge in [-0.05, 0) is 23.6 Å². The molecule has 0 atom stereocenters. The molecule has 84 valence electrons. The lowest BCUT2D eigenvalue weighted by atomic mass is 10.2. The Labute approximate surface area is 108 Å². The summed E-state index contributed by atoms with van der Waals surface area (Å²) >= 11 is 7.14. The van der Waals surface area contributed by atoms with Crippen LogP contribution in [-0.2, 0) is 7.05 Å². The largest absolute Gasteiger partial charge is 0.332 e. The topological polar surface area (TPSA) is 17.8 Å². The summed E-state index contributed by atoms with van der Waals surface area (Å²) in [7, 11) is 1.99. The molecule has 0 spiro atoms. The van der Waals surface area contributed by atoms with E-state index in [0.29, 0.717) is 0 Å². The average Bonchev–Trinajstić information content (AvgIpc) is 2.87. The summed E-state index contributed by atoms with van der Waals surface area (Å²) in [6.45, 7) is 0. The van der Waals surface area contributed by atoms with Gasteiger partial charge in [0.2, 0.25) is 0 Å². The lowest BCUT2D eigenvalue weighted by Crippen LogP contribution is -1.99. The van der Waals surface area contributed by atoms with Crippen LogP contribution in [0.3, 0.4) is 0 Å². The van der Waals surface area contributed by atoms with Crippen LogP contribution in [0, 0.1) is 4.64 Å². The van der Waals surface area contributed by atoms with Crippen LogP contribution in [0.4, 0.5) is 0 Å². The van der Waals surface area contributed by atoms with E-state index in [1.807, 2.05) is 47.3 Å². The molecule has 0 aliphatic heterocycles. The first-order chi connectivity index (χ1) is 8.27. The van der Waals surface area contributed by atoms with Gasteiger partial charge in [0.05, 0.1) is 15.9 Å². The van der Waals surface area contributed by atoms with E-state index in [1.54, 1.807) is 11.3 Å². The number of rotatable bonds is 1. The molecule has 0 N–H and O–H groups in total. The van der Waals surface area contributed by atoms with E-state index in [4.69, 9.17) is 12.2 Å². The van der Waals surface area contributed by atoms with Gasteiger partial charge in [-0.3, -0.25) is 0 Å². The second-order valence-electron chi connectivity index (χ2n) is 3.79. The molecule has 0 aliphatic carbocycles. The standard InChI is InChI=1S/C13H10N2S2/c1-15-10-6-3-2-5-9(10)14-12(13(15)16)11-7-4-8-17-11/h2-8H,1H3. The molecule has 0 radical (unpaired) electrons. The molecule has 0 fully saturated rings. The molecule has 0 saturated carbocycles. The number of aryl methyl sites for hydroxylation is 1. The van der Waals surface area contributed by atoms with Crippen molar-refractivity contribution >= 4 is 34.6 Å². The molecular weight excluding hydrogens is 248 g/mol. The zero-order valence-electron chi connectivity index (χ0n) is 9.25. The molecule has 4 heteroatoms. The molecule has 17 heavy (non-hydrogen) atoms. The maximum atomic E-state index is 5.48. The fraction of sp³-hybridized carbons (Fsp3) is 0.0769. The van der Waals surface area contributed by atoms with Gasteiger partial charge in [0.1, 0.15) is 10.3 Å². The van der Waals surface area contributed by atoms with Gasteiger partial charge in [-0.1, -0.05) is 30.4 Å². The van der Waals surface area contributed by atoms with Crippen LogP contribution in [0.2, 0.25) is 0 Å². The van der Waals surface area contributed by atoms with Crippen molar-refractivity contribution in [1.29, 1.82) is 0 Å². The van der Waals surface area contributed by atoms with Crippen molar-refractivity contribution in [3.8, 4) is 10.6 Å². The Hall–Kier alpha value is -1.52. The second-order valence-corrected chi connectivity index (χ2v) is 5.12. The Bertz CT molecular complexity index is 727. The Kier molecular flexibility index (Phi) is 2.53. The third kappa shape index (κ3) is 1.69. The normalized spacial score (nSPS) is 10.9. The van der Waals surface area contributed by atoms with Gasteiger partial charge < -0.3 is 4.57 Å². The van der Waals surface area contributed by atoms with Crippen molar-refractivity contribution in [2.45, 2.75) is 0 Å². The van der Waals surface area contributed by atoms with Crippen molar-refractivity contribution in [1.82, 2.24) is 9.55 Å². The van der Waals surface area contributed by atoms with Crippen LogP contribution in [0.25, 0.3) is 21.6 Å². The summed E-state index contributed by atoms with van der Waals surface area (Å²) in [5.74, 6) is 0. The Morgan fingerprint density at radius 3 is 2.76 bits per heavy atom. The Morgan fingerprint density at radius 2 is 2.00 bits per heavy atom. The number of aromatic nitrogens is 2. The molecular formula is C13H10N2S2.